The van der Waals surface area contributed by atoms with Gasteiger partial charge in [-0.25, -0.2) is 0 Å². The number of para-hydroxylation sites is 1. The van der Waals surface area contributed by atoms with E-state index in [2.05, 4.69) is 5.32 Å². The molecule has 0 aliphatic rings. The first-order valence-corrected chi connectivity index (χ1v) is 7.28. The van der Waals surface area contributed by atoms with E-state index >= 15 is 0 Å². The number of ether oxygens (including phenoxy) is 1. The van der Waals surface area contributed by atoms with Gasteiger partial charge < -0.3 is 14.9 Å². The zero-order chi connectivity index (χ0) is 16.2. The Morgan fingerprint density at radius 2 is 1.96 bits per heavy atom. The number of nitrogens with one attached hydrogen (secondary N) is 1. The molecule has 0 unspecified atom stereocenters. The van der Waals surface area contributed by atoms with Gasteiger partial charge in [-0.2, -0.15) is 4.73 Å². The summed E-state index contributed by atoms with van der Waals surface area (Å²) in [5, 5.41) is 3.90. The van der Waals surface area contributed by atoms with Crippen molar-refractivity contribution < 1.29 is 14.4 Å². The van der Waals surface area contributed by atoms with Crippen molar-refractivity contribution in [1.29, 1.82) is 0 Å². The van der Waals surface area contributed by atoms with Gasteiger partial charge in [-0.3, -0.25) is 4.79 Å². The summed E-state index contributed by atoms with van der Waals surface area (Å²) in [6, 6.07) is 15.1. The van der Waals surface area contributed by atoms with E-state index in [1.165, 1.54) is 0 Å². The van der Waals surface area contributed by atoms with E-state index in [1.54, 1.807) is 25.0 Å². The maximum Gasteiger partial charge on any atom is 0.228 e. The zero-order valence-corrected chi connectivity index (χ0v) is 13.1. The first-order valence-electron chi connectivity index (χ1n) is 7.28. The van der Waals surface area contributed by atoms with E-state index in [-0.39, 0.29) is 12.3 Å². The Kier molecular flexibility index (Phi) is 4.19. The molecular weight excluding hydrogens is 292 g/mol. The van der Waals surface area contributed by atoms with Gasteiger partial charge in [0.05, 0.1) is 19.0 Å². The van der Waals surface area contributed by atoms with Crippen molar-refractivity contribution in [2.75, 3.05) is 19.5 Å². The van der Waals surface area contributed by atoms with Gasteiger partial charge in [0.1, 0.15) is 12.9 Å². The summed E-state index contributed by atoms with van der Waals surface area (Å²) in [5.74, 6) is 0.621. The number of fused-ring (bicyclic) bond motifs is 1. The highest BCUT2D eigenvalue weighted by atomic mass is 16.6. The van der Waals surface area contributed by atoms with Crippen LogP contribution in [0.1, 0.15) is 5.56 Å². The molecule has 3 aromatic rings. The van der Waals surface area contributed by atoms with Crippen molar-refractivity contribution in [1.82, 2.24) is 4.73 Å². The fourth-order valence-corrected chi connectivity index (χ4v) is 2.59. The van der Waals surface area contributed by atoms with Crippen LogP contribution in [0.3, 0.4) is 0 Å². The third kappa shape index (κ3) is 3.13. The van der Waals surface area contributed by atoms with Crippen LogP contribution in [0.15, 0.2) is 54.7 Å². The predicted molar refractivity (Wildman–Crippen MR) is 89.8 cm³/mol. The molecule has 1 amide bonds. The summed E-state index contributed by atoms with van der Waals surface area (Å²) in [6.07, 6.45) is 2.11. The maximum absolute atomic E-state index is 12.3. The highest BCUT2D eigenvalue weighted by Crippen LogP contribution is 2.22. The van der Waals surface area contributed by atoms with Crippen molar-refractivity contribution >= 4 is 22.5 Å². The second kappa shape index (κ2) is 6.44. The van der Waals surface area contributed by atoms with Gasteiger partial charge >= 0.3 is 0 Å². The fraction of sp³-hybridized carbons (Fsp3) is 0.167. The quantitative estimate of drug-likeness (QED) is 0.788. The first-order chi connectivity index (χ1) is 11.2. The molecule has 0 radical (unpaired) electrons. The molecule has 2 aromatic carbocycles. The average Bonchev–Trinajstić information content (AvgIpc) is 2.93. The minimum absolute atomic E-state index is 0.0859. The van der Waals surface area contributed by atoms with E-state index in [0.29, 0.717) is 11.4 Å². The Labute approximate surface area is 134 Å². The summed E-state index contributed by atoms with van der Waals surface area (Å²) in [4.78, 5) is 17.6. The van der Waals surface area contributed by atoms with Gasteiger partial charge in [-0.05, 0) is 23.8 Å². The molecule has 23 heavy (non-hydrogen) atoms. The summed E-state index contributed by atoms with van der Waals surface area (Å²) in [5.41, 5.74) is 2.58. The summed E-state index contributed by atoms with van der Waals surface area (Å²) in [6.45, 7) is 0. The summed E-state index contributed by atoms with van der Waals surface area (Å²) < 4.78 is 6.83. The molecule has 5 nitrogen and oxygen atoms in total. The topological polar surface area (TPSA) is 52.5 Å². The summed E-state index contributed by atoms with van der Waals surface area (Å²) in [7, 11) is 3.20. The second-order valence-electron chi connectivity index (χ2n) is 5.14. The molecule has 0 fully saturated rings. The summed E-state index contributed by atoms with van der Waals surface area (Å²) >= 11 is 0. The number of methoxy groups -OCH3 is 1. The molecule has 0 atom stereocenters. The standard InChI is InChI=1S/C18H18N2O3/c1-22-15-7-5-6-14(11-15)19-18(21)10-13-12-20(23-2)17-9-4-3-8-16(13)17/h3-9,11-12H,10H2,1-2H3,(H,19,21). The minimum atomic E-state index is -0.0859. The first kappa shape index (κ1) is 15.0. The van der Waals surface area contributed by atoms with E-state index in [9.17, 15) is 4.79 Å². The molecule has 0 spiro atoms. The Balaban J connectivity index is 1.80. The highest BCUT2D eigenvalue weighted by Gasteiger charge is 2.12. The minimum Gasteiger partial charge on any atom is -0.497 e. The number of anilines is 1. The van der Waals surface area contributed by atoms with Gasteiger partial charge in [-0.1, -0.05) is 24.3 Å². The van der Waals surface area contributed by atoms with Crippen molar-refractivity contribution in [3.05, 3.63) is 60.3 Å². The number of carbonyl (C=O) groups is 1. The number of hydrogen-bond acceptors (Lipinski definition) is 3. The average molecular weight is 310 g/mol. The van der Waals surface area contributed by atoms with Crippen molar-refractivity contribution in [3.63, 3.8) is 0 Å². The van der Waals surface area contributed by atoms with Crippen molar-refractivity contribution in [3.8, 4) is 5.75 Å². The lowest BCUT2D eigenvalue weighted by Gasteiger charge is -2.06. The SMILES string of the molecule is COc1cccc(NC(=O)Cc2cn(OC)c3ccccc23)c1. The molecule has 1 N–H and O–H groups in total. The maximum atomic E-state index is 12.3. The van der Waals surface area contributed by atoms with Crippen LogP contribution in [0.4, 0.5) is 5.69 Å². The number of nitrogens with zero attached hydrogens (tertiary/aromatic N) is 1. The third-order valence-corrected chi connectivity index (χ3v) is 3.66. The number of carbonyl (C=O) groups excluding carboxylic acids is 1. The Morgan fingerprint density at radius 1 is 1.13 bits per heavy atom. The van der Waals surface area contributed by atoms with E-state index in [0.717, 1.165) is 16.5 Å². The van der Waals surface area contributed by atoms with Crippen LogP contribution >= 0.6 is 0 Å². The van der Waals surface area contributed by atoms with E-state index in [1.807, 2.05) is 48.7 Å². The number of amides is 1. The normalized spacial score (nSPS) is 10.5. The van der Waals surface area contributed by atoms with Crippen LogP contribution < -0.4 is 14.9 Å². The molecule has 3 rings (SSSR count). The van der Waals surface area contributed by atoms with Gasteiger partial charge in [-0.15, -0.1) is 0 Å². The van der Waals surface area contributed by atoms with Gasteiger partial charge in [0, 0.05) is 23.3 Å². The largest absolute Gasteiger partial charge is 0.497 e. The van der Waals surface area contributed by atoms with Crippen molar-refractivity contribution in [2.45, 2.75) is 6.42 Å². The number of benzene rings is 2. The molecule has 118 valence electrons. The highest BCUT2D eigenvalue weighted by molar-refractivity contribution is 5.96. The lowest BCUT2D eigenvalue weighted by atomic mass is 10.1. The van der Waals surface area contributed by atoms with Gasteiger partial charge in [0.15, 0.2) is 0 Å². The Bertz CT molecular complexity index is 839. The molecule has 0 aliphatic carbocycles. The number of rotatable bonds is 5. The Hall–Kier alpha value is -2.95. The van der Waals surface area contributed by atoms with Crippen LogP contribution in [0, 0.1) is 0 Å². The molecule has 0 bridgehead atoms. The van der Waals surface area contributed by atoms with Gasteiger partial charge in [0.2, 0.25) is 5.91 Å². The lowest BCUT2D eigenvalue weighted by Crippen LogP contribution is -2.14. The molecule has 0 aliphatic heterocycles. The molecular formula is C18H18N2O3. The van der Waals surface area contributed by atoms with Crippen LogP contribution in [-0.2, 0) is 11.2 Å². The van der Waals surface area contributed by atoms with Crippen LogP contribution in [-0.4, -0.2) is 24.9 Å². The van der Waals surface area contributed by atoms with Crippen molar-refractivity contribution in [2.24, 2.45) is 0 Å². The number of aromatic nitrogens is 1. The molecule has 1 aromatic heterocycles. The third-order valence-electron chi connectivity index (χ3n) is 3.66. The predicted octanol–water partition coefficient (Wildman–Crippen LogP) is 2.89. The van der Waals surface area contributed by atoms with Crippen LogP contribution in [0.5, 0.6) is 5.75 Å². The van der Waals surface area contributed by atoms with Crippen LogP contribution in [0.2, 0.25) is 0 Å². The van der Waals surface area contributed by atoms with Gasteiger partial charge in [0.25, 0.3) is 0 Å². The zero-order valence-electron chi connectivity index (χ0n) is 13.1. The number of hydrogen-bond donors (Lipinski definition) is 1. The molecule has 1 heterocycles. The van der Waals surface area contributed by atoms with E-state index in [4.69, 9.17) is 9.57 Å². The van der Waals surface area contributed by atoms with Crippen LogP contribution in [0.25, 0.3) is 10.9 Å². The molecule has 0 saturated heterocycles. The molecule has 5 heteroatoms. The lowest BCUT2D eigenvalue weighted by molar-refractivity contribution is -0.115. The second-order valence-corrected chi connectivity index (χ2v) is 5.14. The monoisotopic (exact) mass is 310 g/mol. The fourth-order valence-electron chi connectivity index (χ4n) is 2.59. The molecule has 0 saturated carbocycles. The smallest absolute Gasteiger partial charge is 0.228 e. The van der Waals surface area contributed by atoms with E-state index < -0.39 is 0 Å². The Morgan fingerprint density at radius 3 is 2.74 bits per heavy atom.